The zero-order valence-corrected chi connectivity index (χ0v) is 18.2. The van der Waals surface area contributed by atoms with Crippen LogP contribution in [0.5, 0.6) is 0 Å². The van der Waals surface area contributed by atoms with Gasteiger partial charge in [-0.2, -0.15) is 0 Å². The van der Waals surface area contributed by atoms with Crippen LogP contribution in [0.4, 0.5) is 0 Å². The number of sulfonamides is 1. The molecule has 1 atom stereocenters. The van der Waals surface area contributed by atoms with Crippen molar-refractivity contribution in [2.45, 2.75) is 37.6 Å². The lowest BCUT2D eigenvalue weighted by Gasteiger charge is -2.25. The second kappa shape index (κ2) is 10.1. The van der Waals surface area contributed by atoms with Crippen LogP contribution >= 0.6 is 0 Å². The minimum atomic E-state index is -3.48. The van der Waals surface area contributed by atoms with Crippen molar-refractivity contribution in [3.63, 3.8) is 0 Å². The van der Waals surface area contributed by atoms with Crippen molar-refractivity contribution in [3.8, 4) is 0 Å². The summed E-state index contributed by atoms with van der Waals surface area (Å²) in [5.41, 5.74) is 0.748. The third-order valence-electron chi connectivity index (χ3n) is 5.09. The molecular weight excluding hydrogens is 402 g/mol. The van der Waals surface area contributed by atoms with E-state index >= 15 is 0 Å². The van der Waals surface area contributed by atoms with Crippen molar-refractivity contribution in [2.75, 3.05) is 26.2 Å². The van der Waals surface area contributed by atoms with Crippen molar-refractivity contribution in [1.82, 2.24) is 14.9 Å². The lowest BCUT2D eigenvalue weighted by molar-refractivity contribution is -0.116. The minimum Gasteiger partial charge on any atom is -0.465 e. The molecule has 1 unspecified atom stereocenters. The summed E-state index contributed by atoms with van der Waals surface area (Å²) in [4.78, 5) is 14.9. The minimum absolute atomic E-state index is 0.0223. The van der Waals surface area contributed by atoms with Crippen LogP contribution in [0.3, 0.4) is 0 Å². The summed E-state index contributed by atoms with van der Waals surface area (Å²) in [5, 5.41) is 2.96. The lowest BCUT2D eigenvalue weighted by atomic mass is 10.2. The quantitative estimate of drug-likeness (QED) is 0.596. The fraction of sp³-hybridized carbons (Fsp3) is 0.409. The van der Waals surface area contributed by atoms with E-state index in [-0.39, 0.29) is 16.8 Å². The number of carbonyl (C=O) groups excluding carboxylic acids is 1. The van der Waals surface area contributed by atoms with Crippen LogP contribution in [0.25, 0.3) is 6.08 Å². The summed E-state index contributed by atoms with van der Waals surface area (Å²) in [7, 11) is -3.48. The Hall–Kier alpha value is -2.42. The largest absolute Gasteiger partial charge is 0.465 e. The predicted octanol–water partition coefficient (Wildman–Crippen LogP) is 2.85. The van der Waals surface area contributed by atoms with E-state index in [0.29, 0.717) is 13.1 Å². The van der Waals surface area contributed by atoms with Gasteiger partial charge >= 0.3 is 0 Å². The Labute approximate surface area is 178 Å². The molecule has 1 saturated heterocycles. The normalized spacial score (nSPS) is 16.2. The third kappa shape index (κ3) is 5.81. The number of nitrogens with one attached hydrogen (secondary N) is 2. The van der Waals surface area contributed by atoms with Crippen molar-refractivity contribution < 1.29 is 17.6 Å². The zero-order chi connectivity index (χ0) is 21.6. The third-order valence-corrected chi connectivity index (χ3v) is 6.65. The molecule has 162 valence electrons. The first-order chi connectivity index (χ1) is 14.4. The maximum Gasteiger partial charge on any atom is 0.244 e. The van der Waals surface area contributed by atoms with Gasteiger partial charge in [0.15, 0.2) is 0 Å². The second-order valence-electron chi connectivity index (χ2n) is 7.36. The molecule has 0 aliphatic carbocycles. The molecule has 2 N–H and O–H groups in total. The molecule has 0 spiro atoms. The number of aryl methyl sites for hydroxylation is 1. The van der Waals surface area contributed by atoms with Crippen molar-refractivity contribution in [2.24, 2.45) is 0 Å². The number of likely N-dealkylation sites (tertiary alicyclic amines) is 1. The lowest BCUT2D eigenvalue weighted by Crippen LogP contribution is -2.36. The molecule has 0 saturated carbocycles. The van der Waals surface area contributed by atoms with Crippen LogP contribution in [-0.4, -0.2) is 45.4 Å². The highest BCUT2D eigenvalue weighted by molar-refractivity contribution is 7.89. The Morgan fingerprint density at radius 3 is 2.47 bits per heavy atom. The first kappa shape index (κ1) is 22.3. The molecule has 1 fully saturated rings. The molecular formula is C22H29N3O4S. The summed E-state index contributed by atoms with van der Waals surface area (Å²) in [5.74, 6) is 1.53. The zero-order valence-electron chi connectivity index (χ0n) is 17.4. The highest BCUT2D eigenvalue weighted by atomic mass is 32.2. The summed E-state index contributed by atoms with van der Waals surface area (Å²) in [6, 6.07) is 10.3. The topological polar surface area (TPSA) is 91.6 Å². The fourth-order valence-corrected chi connectivity index (χ4v) is 4.60. The van der Waals surface area contributed by atoms with Crippen LogP contribution in [0.15, 0.2) is 51.8 Å². The first-order valence-corrected chi connectivity index (χ1v) is 11.7. The van der Waals surface area contributed by atoms with Gasteiger partial charge in [0, 0.05) is 19.2 Å². The molecule has 2 aromatic rings. The molecule has 30 heavy (non-hydrogen) atoms. The molecule has 2 heterocycles. The van der Waals surface area contributed by atoms with Gasteiger partial charge in [-0.25, -0.2) is 13.1 Å². The number of rotatable bonds is 9. The average Bonchev–Trinajstić information content (AvgIpc) is 3.39. The van der Waals surface area contributed by atoms with Crippen molar-refractivity contribution in [1.29, 1.82) is 0 Å². The molecule has 1 aliphatic heterocycles. The molecule has 0 bridgehead atoms. The van der Waals surface area contributed by atoms with E-state index in [2.05, 4.69) is 14.9 Å². The van der Waals surface area contributed by atoms with Crippen molar-refractivity contribution in [3.05, 3.63) is 59.6 Å². The van der Waals surface area contributed by atoms with Crippen molar-refractivity contribution >= 4 is 22.0 Å². The number of nitrogens with zero attached hydrogens (tertiary/aromatic N) is 1. The van der Waals surface area contributed by atoms with Crippen LogP contribution in [0.1, 0.15) is 42.9 Å². The van der Waals surface area contributed by atoms with Gasteiger partial charge in [-0.1, -0.05) is 19.1 Å². The van der Waals surface area contributed by atoms with Crippen LogP contribution < -0.4 is 10.0 Å². The van der Waals surface area contributed by atoms with Gasteiger partial charge in [0.2, 0.25) is 15.9 Å². The number of hydrogen-bond acceptors (Lipinski definition) is 5. The Bertz CT molecular complexity index is 974. The maximum absolute atomic E-state index is 12.3. The van der Waals surface area contributed by atoms with E-state index in [1.54, 1.807) is 25.1 Å². The maximum atomic E-state index is 12.3. The van der Waals surface area contributed by atoms with E-state index in [4.69, 9.17) is 4.42 Å². The van der Waals surface area contributed by atoms with Gasteiger partial charge in [-0.3, -0.25) is 9.69 Å². The molecule has 0 radical (unpaired) electrons. The van der Waals surface area contributed by atoms with Gasteiger partial charge in [-0.05, 0) is 68.8 Å². The Morgan fingerprint density at radius 2 is 1.87 bits per heavy atom. The van der Waals surface area contributed by atoms with Gasteiger partial charge < -0.3 is 9.73 Å². The average molecular weight is 432 g/mol. The monoisotopic (exact) mass is 431 g/mol. The molecule has 1 aromatic heterocycles. The molecule has 7 nitrogen and oxygen atoms in total. The Morgan fingerprint density at radius 1 is 1.17 bits per heavy atom. The van der Waals surface area contributed by atoms with Gasteiger partial charge in [-0.15, -0.1) is 0 Å². The van der Waals surface area contributed by atoms with Crippen LogP contribution in [0.2, 0.25) is 0 Å². The Balaban J connectivity index is 1.59. The van der Waals surface area contributed by atoms with Gasteiger partial charge in [0.05, 0.1) is 10.9 Å². The standard InChI is InChI=1S/C22H29N3O4S/c1-3-24-30(27,28)19-10-7-18(8-11-19)9-13-22(26)23-16-20(25-14-4-5-15-25)21-12-6-17(2)29-21/h6-13,20,24H,3-5,14-16H2,1-2H3,(H,23,26)/b13-9+. The summed E-state index contributed by atoms with van der Waals surface area (Å²) in [6.45, 7) is 6.45. The number of carbonyl (C=O) groups is 1. The number of benzene rings is 1. The molecule has 1 aromatic carbocycles. The van der Waals surface area contributed by atoms with Crippen LogP contribution in [-0.2, 0) is 14.8 Å². The molecule has 1 aliphatic rings. The highest BCUT2D eigenvalue weighted by Crippen LogP contribution is 2.26. The predicted molar refractivity (Wildman–Crippen MR) is 116 cm³/mol. The molecule has 8 heteroatoms. The number of amides is 1. The summed E-state index contributed by atoms with van der Waals surface area (Å²) in [6.07, 6.45) is 5.44. The van der Waals surface area contributed by atoms with Gasteiger partial charge in [0.25, 0.3) is 0 Å². The van der Waals surface area contributed by atoms with E-state index in [0.717, 1.165) is 43.0 Å². The first-order valence-electron chi connectivity index (χ1n) is 10.2. The summed E-state index contributed by atoms with van der Waals surface area (Å²) < 4.78 is 32.2. The molecule has 3 rings (SSSR count). The Kier molecular flexibility index (Phi) is 7.47. The molecule has 1 amide bonds. The highest BCUT2D eigenvalue weighted by Gasteiger charge is 2.26. The summed E-state index contributed by atoms with van der Waals surface area (Å²) >= 11 is 0. The van der Waals surface area contributed by atoms with E-state index in [9.17, 15) is 13.2 Å². The smallest absolute Gasteiger partial charge is 0.244 e. The van der Waals surface area contributed by atoms with E-state index in [1.807, 2.05) is 19.1 Å². The SMILES string of the molecule is CCNS(=O)(=O)c1ccc(/C=C/C(=O)NCC(c2ccc(C)o2)N2CCCC2)cc1. The fourth-order valence-electron chi connectivity index (χ4n) is 3.55. The number of furan rings is 1. The van der Waals surface area contributed by atoms with Gasteiger partial charge in [0.1, 0.15) is 11.5 Å². The second-order valence-corrected chi connectivity index (χ2v) is 9.12. The van der Waals surface area contributed by atoms with E-state index in [1.165, 1.54) is 18.2 Å². The van der Waals surface area contributed by atoms with E-state index < -0.39 is 10.0 Å². The van der Waals surface area contributed by atoms with Crippen LogP contribution in [0, 0.1) is 6.92 Å². The number of hydrogen-bond donors (Lipinski definition) is 2.